The van der Waals surface area contributed by atoms with Gasteiger partial charge in [-0.3, -0.25) is 9.59 Å². The van der Waals surface area contributed by atoms with Crippen molar-refractivity contribution in [3.63, 3.8) is 0 Å². The fourth-order valence-corrected chi connectivity index (χ4v) is 3.31. The van der Waals surface area contributed by atoms with Gasteiger partial charge in [-0.05, 0) is 19.1 Å². The zero-order valence-corrected chi connectivity index (χ0v) is 14.0. The molecule has 1 aromatic carbocycles. The lowest BCUT2D eigenvalue weighted by molar-refractivity contribution is -0.141. The van der Waals surface area contributed by atoms with Gasteiger partial charge in [0, 0.05) is 18.9 Å². The van der Waals surface area contributed by atoms with Crippen molar-refractivity contribution in [1.82, 2.24) is 5.32 Å². The normalized spacial score (nSPS) is 15.2. The number of hydrogen-bond donors (Lipinski definition) is 2. The fraction of sp³-hybridized carbons (Fsp3) is 0.467. The summed E-state index contributed by atoms with van der Waals surface area (Å²) in [4.78, 5) is 22.3. The van der Waals surface area contributed by atoms with Gasteiger partial charge in [-0.1, -0.05) is 0 Å². The lowest BCUT2D eigenvalue weighted by Gasteiger charge is -2.11. The number of ether oxygens (including phenoxy) is 2. The minimum Gasteiger partial charge on any atom is -0.490 e. The van der Waals surface area contributed by atoms with Crippen LogP contribution in [0.3, 0.4) is 0 Å². The molecule has 0 unspecified atom stereocenters. The first kappa shape index (κ1) is 18.1. The van der Waals surface area contributed by atoms with E-state index in [4.69, 9.17) is 14.6 Å². The van der Waals surface area contributed by atoms with Crippen molar-refractivity contribution in [3.8, 4) is 11.5 Å². The monoisotopic (exact) mass is 357 g/mol. The molecule has 0 radical (unpaired) electrons. The summed E-state index contributed by atoms with van der Waals surface area (Å²) in [6, 6.07) is 3.24. The summed E-state index contributed by atoms with van der Waals surface area (Å²) in [5, 5.41) is 10.9. The van der Waals surface area contributed by atoms with Crippen LogP contribution >= 0.6 is 0 Å². The number of carboxylic acid groups (broad SMARTS) is 1. The minimum absolute atomic E-state index is 0.0332. The average molecular weight is 357 g/mol. The van der Waals surface area contributed by atoms with E-state index in [0.29, 0.717) is 31.1 Å². The van der Waals surface area contributed by atoms with Crippen LogP contribution in [0.5, 0.6) is 11.5 Å². The second-order valence-corrected chi connectivity index (χ2v) is 7.46. The Morgan fingerprint density at radius 1 is 1.25 bits per heavy atom. The molecule has 9 heteroatoms. The lowest BCUT2D eigenvalue weighted by atomic mass is 10.3. The van der Waals surface area contributed by atoms with Gasteiger partial charge < -0.3 is 19.9 Å². The van der Waals surface area contributed by atoms with E-state index in [9.17, 15) is 18.0 Å². The van der Waals surface area contributed by atoms with Gasteiger partial charge in [0.25, 0.3) is 0 Å². The summed E-state index contributed by atoms with van der Waals surface area (Å²) in [7, 11) is -3.70. The minimum atomic E-state index is -3.70. The zero-order chi connectivity index (χ0) is 17.7. The van der Waals surface area contributed by atoms with Crippen LogP contribution < -0.4 is 14.8 Å². The van der Waals surface area contributed by atoms with Crippen molar-refractivity contribution >= 4 is 21.7 Å². The molecule has 2 rings (SSSR count). The summed E-state index contributed by atoms with van der Waals surface area (Å²) >= 11 is 0. The standard InChI is InChI=1S/C15H19NO7S/c1-10(15(18)19)16-14(17)5-8-24(20,21)11-3-4-12-13(9-11)23-7-2-6-22-12/h3-4,9-10H,2,5-8H2,1H3,(H,16,17)(H,18,19)/t10-/m1/s1. The molecule has 0 saturated carbocycles. The molecule has 1 aliphatic heterocycles. The molecule has 24 heavy (non-hydrogen) atoms. The second-order valence-electron chi connectivity index (χ2n) is 5.36. The maximum Gasteiger partial charge on any atom is 0.325 e. The third-order valence-electron chi connectivity index (χ3n) is 3.42. The van der Waals surface area contributed by atoms with Crippen LogP contribution in [-0.2, 0) is 19.4 Å². The van der Waals surface area contributed by atoms with Crippen molar-refractivity contribution < 1.29 is 32.6 Å². The molecular formula is C15H19NO7S. The number of amides is 1. The highest BCUT2D eigenvalue weighted by Crippen LogP contribution is 2.32. The number of benzene rings is 1. The van der Waals surface area contributed by atoms with Crippen LogP contribution in [0.1, 0.15) is 19.8 Å². The van der Waals surface area contributed by atoms with E-state index in [1.165, 1.54) is 25.1 Å². The highest BCUT2D eigenvalue weighted by Gasteiger charge is 2.21. The Morgan fingerprint density at radius 2 is 1.92 bits per heavy atom. The Labute approximate surface area is 139 Å². The molecule has 0 spiro atoms. The van der Waals surface area contributed by atoms with Crippen LogP contribution in [0.4, 0.5) is 0 Å². The van der Waals surface area contributed by atoms with Crippen LogP contribution in [0, 0.1) is 0 Å². The topological polar surface area (TPSA) is 119 Å². The molecule has 0 aromatic heterocycles. The predicted molar refractivity (Wildman–Crippen MR) is 84.0 cm³/mol. The molecule has 1 amide bonds. The molecular weight excluding hydrogens is 338 g/mol. The molecule has 1 aliphatic rings. The third kappa shape index (κ3) is 4.60. The number of nitrogens with one attached hydrogen (secondary N) is 1. The van der Waals surface area contributed by atoms with Gasteiger partial charge in [0.15, 0.2) is 21.3 Å². The number of sulfone groups is 1. The van der Waals surface area contributed by atoms with Crippen molar-refractivity contribution in [2.24, 2.45) is 0 Å². The zero-order valence-electron chi connectivity index (χ0n) is 13.1. The third-order valence-corrected chi connectivity index (χ3v) is 5.14. The molecule has 1 atom stereocenters. The van der Waals surface area contributed by atoms with Gasteiger partial charge >= 0.3 is 5.97 Å². The Morgan fingerprint density at radius 3 is 2.58 bits per heavy atom. The van der Waals surface area contributed by atoms with E-state index in [1.807, 2.05) is 0 Å². The molecule has 1 heterocycles. The quantitative estimate of drug-likeness (QED) is 0.765. The Hall–Kier alpha value is -2.29. The Balaban J connectivity index is 2.04. The molecule has 2 N–H and O–H groups in total. The fourth-order valence-electron chi connectivity index (χ4n) is 2.06. The van der Waals surface area contributed by atoms with Crippen LogP contribution in [0.15, 0.2) is 23.1 Å². The van der Waals surface area contributed by atoms with Crippen molar-refractivity contribution in [1.29, 1.82) is 0 Å². The van der Waals surface area contributed by atoms with Crippen LogP contribution in [0.2, 0.25) is 0 Å². The first-order valence-corrected chi connectivity index (χ1v) is 9.09. The van der Waals surface area contributed by atoms with E-state index in [0.717, 1.165) is 0 Å². The van der Waals surface area contributed by atoms with Gasteiger partial charge in [0.1, 0.15) is 6.04 Å². The van der Waals surface area contributed by atoms with E-state index >= 15 is 0 Å². The van der Waals surface area contributed by atoms with Crippen molar-refractivity contribution in [2.75, 3.05) is 19.0 Å². The Kier molecular flexibility index (Phi) is 5.66. The molecule has 0 bridgehead atoms. The van der Waals surface area contributed by atoms with Gasteiger partial charge in [0.05, 0.1) is 23.9 Å². The van der Waals surface area contributed by atoms with E-state index < -0.39 is 33.5 Å². The predicted octanol–water partition coefficient (Wildman–Crippen LogP) is 0.601. The summed E-state index contributed by atoms with van der Waals surface area (Å²) in [6.07, 6.45) is 0.382. The maximum absolute atomic E-state index is 12.3. The summed E-state index contributed by atoms with van der Waals surface area (Å²) < 4.78 is 35.6. The number of hydrogen-bond acceptors (Lipinski definition) is 6. The first-order chi connectivity index (χ1) is 11.3. The summed E-state index contributed by atoms with van der Waals surface area (Å²) in [5.74, 6) is -1.40. The molecule has 1 aromatic rings. The summed E-state index contributed by atoms with van der Waals surface area (Å²) in [5.41, 5.74) is 0. The second kappa shape index (κ2) is 7.52. The number of carbonyl (C=O) groups excluding carboxylic acids is 1. The van der Waals surface area contributed by atoms with E-state index in [1.54, 1.807) is 0 Å². The number of rotatable bonds is 6. The van der Waals surface area contributed by atoms with E-state index in [-0.39, 0.29) is 11.3 Å². The molecule has 0 saturated heterocycles. The van der Waals surface area contributed by atoms with Crippen molar-refractivity contribution in [2.45, 2.75) is 30.7 Å². The molecule has 132 valence electrons. The van der Waals surface area contributed by atoms with Gasteiger partial charge in [-0.15, -0.1) is 0 Å². The molecule has 8 nitrogen and oxygen atoms in total. The number of carboxylic acids is 1. The maximum atomic E-state index is 12.3. The van der Waals surface area contributed by atoms with Crippen molar-refractivity contribution in [3.05, 3.63) is 18.2 Å². The lowest BCUT2D eigenvalue weighted by Crippen LogP contribution is -2.38. The van der Waals surface area contributed by atoms with Crippen LogP contribution in [0.25, 0.3) is 0 Å². The Bertz CT molecular complexity index is 729. The van der Waals surface area contributed by atoms with Gasteiger partial charge in [0.2, 0.25) is 5.91 Å². The highest BCUT2D eigenvalue weighted by atomic mass is 32.2. The largest absolute Gasteiger partial charge is 0.490 e. The number of carbonyl (C=O) groups is 2. The molecule has 0 aliphatic carbocycles. The molecule has 0 fully saturated rings. The number of fused-ring (bicyclic) bond motifs is 1. The van der Waals surface area contributed by atoms with Crippen LogP contribution in [-0.4, -0.2) is 50.4 Å². The smallest absolute Gasteiger partial charge is 0.325 e. The first-order valence-electron chi connectivity index (χ1n) is 7.44. The van der Waals surface area contributed by atoms with Gasteiger partial charge in [-0.25, -0.2) is 8.42 Å². The summed E-state index contributed by atoms with van der Waals surface area (Å²) in [6.45, 7) is 2.24. The SMILES string of the molecule is C[C@@H](NC(=O)CCS(=O)(=O)c1ccc2c(c1)OCCCO2)C(=O)O. The number of aliphatic carboxylic acids is 1. The average Bonchev–Trinajstić information content (AvgIpc) is 2.77. The van der Waals surface area contributed by atoms with E-state index in [2.05, 4.69) is 5.32 Å². The van der Waals surface area contributed by atoms with Gasteiger partial charge in [-0.2, -0.15) is 0 Å². The highest BCUT2D eigenvalue weighted by molar-refractivity contribution is 7.91.